The van der Waals surface area contributed by atoms with Gasteiger partial charge >= 0.3 is 12.1 Å². The average Bonchev–Trinajstić information content (AvgIpc) is 2.61. The number of rotatable bonds is 3. The van der Waals surface area contributed by atoms with E-state index >= 15 is 0 Å². The van der Waals surface area contributed by atoms with E-state index in [1.807, 2.05) is 0 Å². The first-order chi connectivity index (χ1) is 7.77. The van der Waals surface area contributed by atoms with Gasteiger partial charge < -0.3 is 10.0 Å². The van der Waals surface area contributed by atoms with Crippen molar-refractivity contribution in [2.75, 3.05) is 13.1 Å². The molecule has 0 aliphatic carbocycles. The summed E-state index contributed by atoms with van der Waals surface area (Å²) in [7, 11) is 0. The van der Waals surface area contributed by atoms with Crippen LogP contribution in [-0.4, -0.2) is 41.1 Å². The Hall–Kier alpha value is -1.27. The Morgan fingerprint density at radius 1 is 1.35 bits per heavy atom. The van der Waals surface area contributed by atoms with Crippen molar-refractivity contribution >= 4 is 11.9 Å². The number of alkyl halides is 3. The molecule has 4 nitrogen and oxygen atoms in total. The Morgan fingerprint density at radius 2 is 1.94 bits per heavy atom. The molecule has 0 aromatic carbocycles. The Kier molecular flexibility index (Phi) is 4.00. The summed E-state index contributed by atoms with van der Waals surface area (Å²) < 4.78 is 37.8. The van der Waals surface area contributed by atoms with Crippen molar-refractivity contribution in [3.05, 3.63) is 0 Å². The fourth-order valence-electron chi connectivity index (χ4n) is 1.96. The lowest BCUT2D eigenvalue weighted by Gasteiger charge is -2.18. The van der Waals surface area contributed by atoms with Crippen LogP contribution in [0.1, 0.15) is 19.8 Å². The third-order valence-corrected chi connectivity index (χ3v) is 2.87. The molecule has 1 aliphatic heterocycles. The quantitative estimate of drug-likeness (QED) is 0.829. The molecule has 0 radical (unpaired) electrons. The Labute approximate surface area is 96.4 Å². The van der Waals surface area contributed by atoms with Gasteiger partial charge in [-0.05, 0) is 6.42 Å². The van der Waals surface area contributed by atoms with E-state index in [4.69, 9.17) is 5.11 Å². The topological polar surface area (TPSA) is 57.6 Å². The number of nitrogens with zero attached hydrogens (tertiary/aromatic N) is 1. The monoisotopic (exact) mass is 253 g/mol. The van der Waals surface area contributed by atoms with Gasteiger partial charge in [-0.3, -0.25) is 9.59 Å². The standard InChI is InChI=1S/C10H14F3NO3/c1-2-3-8(15)14-4-6(9(16)17)7(5-14)10(11,12)13/h6-7H,2-5H2,1H3,(H,16,17)/t6-,7-/m1/s1. The van der Waals surface area contributed by atoms with E-state index in [0.717, 1.165) is 4.90 Å². The van der Waals surface area contributed by atoms with Crippen molar-refractivity contribution in [3.8, 4) is 0 Å². The highest BCUT2D eigenvalue weighted by atomic mass is 19.4. The molecule has 2 atom stereocenters. The second-order valence-electron chi connectivity index (χ2n) is 4.14. The number of halogens is 3. The summed E-state index contributed by atoms with van der Waals surface area (Å²) >= 11 is 0. The molecule has 1 amide bonds. The normalized spacial score (nSPS) is 25.1. The lowest BCUT2D eigenvalue weighted by molar-refractivity contribution is -0.188. The molecule has 0 aromatic rings. The summed E-state index contributed by atoms with van der Waals surface area (Å²) in [5.41, 5.74) is 0. The van der Waals surface area contributed by atoms with Crippen LogP contribution < -0.4 is 0 Å². The summed E-state index contributed by atoms with van der Waals surface area (Å²) in [4.78, 5) is 23.2. The second kappa shape index (κ2) is 4.93. The van der Waals surface area contributed by atoms with Crippen molar-refractivity contribution in [2.45, 2.75) is 25.9 Å². The fourth-order valence-corrected chi connectivity index (χ4v) is 1.96. The number of carboxylic acids is 1. The minimum atomic E-state index is -4.58. The number of likely N-dealkylation sites (tertiary alicyclic amines) is 1. The highest BCUT2D eigenvalue weighted by Gasteiger charge is 2.53. The first kappa shape index (κ1) is 13.8. The maximum atomic E-state index is 12.6. The third kappa shape index (κ3) is 3.10. The number of amides is 1. The summed E-state index contributed by atoms with van der Waals surface area (Å²) in [6, 6.07) is 0. The first-order valence-electron chi connectivity index (χ1n) is 5.34. The van der Waals surface area contributed by atoms with Gasteiger partial charge in [-0.15, -0.1) is 0 Å². The fraction of sp³-hybridized carbons (Fsp3) is 0.800. The number of aliphatic carboxylic acids is 1. The van der Waals surface area contributed by atoms with Crippen molar-refractivity contribution in [1.29, 1.82) is 0 Å². The molecule has 0 bridgehead atoms. The van der Waals surface area contributed by atoms with Crippen LogP contribution in [0.3, 0.4) is 0 Å². The lowest BCUT2D eigenvalue weighted by Crippen LogP contribution is -2.34. The maximum Gasteiger partial charge on any atom is 0.394 e. The molecule has 1 heterocycles. The van der Waals surface area contributed by atoms with Crippen molar-refractivity contribution in [1.82, 2.24) is 4.90 Å². The number of hydrogen-bond acceptors (Lipinski definition) is 2. The molecule has 0 unspecified atom stereocenters. The molecule has 17 heavy (non-hydrogen) atoms. The molecular formula is C10H14F3NO3. The van der Waals surface area contributed by atoms with Gasteiger partial charge in [0.15, 0.2) is 0 Å². The van der Waals surface area contributed by atoms with Gasteiger partial charge in [-0.2, -0.15) is 13.2 Å². The third-order valence-electron chi connectivity index (χ3n) is 2.87. The van der Waals surface area contributed by atoms with Gasteiger partial charge in [0.25, 0.3) is 0 Å². The molecule has 1 rings (SSSR count). The number of carboxylic acid groups (broad SMARTS) is 1. The first-order valence-corrected chi connectivity index (χ1v) is 5.34. The molecule has 1 N–H and O–H groups in total. The van der Waals surface area contributed by atoms with E-state index in [2.05, 4.69) is 0 Å². The van der Waals surface area contributed by atoms with Gasteiger partial charge in [0.05, 0.1) is 11.8 Å². The highest BCUT2D eigenvalue weighted by molar-refractivity contribution is 5.79. The molecule has 1 saturated heterocycles. The predicted octanol–water partition coefficient (Wildman–Crippen LogP) is 1.51. The molecule has 98 valence electrons. The zero-order valence-corrected chi connectivity index (χ0v) is 9.33. The Morgan fingerprint density at radius 3 is 2.29 bits per heavy atom. The van der Waals surface area contributed by atoms with Crippen LogP contribution in [0.5, 0.6) is 0 Å². The summed E-state index contributed by atoms with van der Waals surface area (Å²) in [5.74, 6) is -5.42. The number of carbonyl (C=O) groups excluding carboxylic acids is 1. The Balaban J connectivity index is 2.79. The molecule has 1 aliphatic rings. The second-order valence-corrected chi connectivity index (χ2v) is 4.14. The molecular weight excluding hydrogens is 239 g/mol. The van der Waals surface area contributed by atoms with Gasteiger partial charge in [-0.1, -0.05) is 6.92 Å². The van der Waals surface area contributed by atoms with E-state index in [1.54, 1.807) is 6.92 Å². The minimum Gasteiger partial charge on any atom is -0.481 e. The van der Waals surface area contributed by atoms with E-state index in [1.165, 1.54) is 0 Å². The predicted molar refractivity (Wildman–Crippen MR) is 52.2 cm³/mol. The minimum absolute atomic E-state index is 0.150. The van der Waals surface area contributed by atoms with Gasteiger partial charge in [0.1, 0.15) is 0 Å². The van der Waals surface area contributed by atoms with Crippen molar-refractivity contribution < 1.29 is 27.9 Å². The van der Waals surface area contributed by atoms with Crippen molar-refractivity contribution in [3.63, 3.8) is 0 Å². The summed E-state index contributed by atoms with van der Waals surface area (Å²) in [5, 5.41) is 8.74. The number of carbonyl (C=O) groups is 2. The summed E-state index contributed by atoms with van der Waals surface area (Å²) in [6.45, 7) is 0.849. The van der Waals surface area contributed by atoms with E-state index in [-0.39, 0.29) is 13.0 Å². The van der Waals surface area contributed by atoms with Crippen LogP contribution in [0.25, 0.3) is 0 Å². The molecule has 0 spiro atoms. The largest absolute Gasteiger partial charge is 0.481 e. The van der Waals surface area contributed by atoms with E-state index in [0.29, 0.717) is 6.42 Å². The van der Waals surface area contributed by atoms with Crippen molar-refractivity contribution in [2.24, 2.45) is 11.8 Å². The maximum absolute atomic E-state index is 12.6. The Bertz CT molecular complexity index is 316. The molecule has 1 fully saturated rings. The number of hydrogen-bond donors (Lipinski definition) is 1. The summed E-state index contributed by atoms with van der Waals surface area (Å²) in [6.07, 6.45) is -3.90. The average molecular weight is 253 g/mol. The van der Waals surface area contributed by atoms with E-state index < -0.39 is 36.4 Å². The van der Waals surface area contributed by atoms with Gasteiger partial charge in [0, 0.05) is 19.5 Å². The molecule has 0 aromatic heterocycles. The molecule has 7 heteroatoms. The zero-order chi connectivity index (χ0) is 13.2. The smallest absolute Gasteiger partial charge is 0.394 e. The van der Waals surface area contributed by atoms with Crippen LogP contribution in [0.4, 0.5) is 13.2 Å². The van der Waals surface area contributed by atoms with Crippen LogP contribution >= 0.6 is 0 Å². The zero-order valence-electron chi connectivity index (χ0n) is 9.33. The van der Waals surface area contributed by atoms with Crippen LogP contribution in [0.15, 0.2) is 0 Å². The van der Waals surface area contributed by atoms with Gasteiger partial charge in [-0.25, -0.2) is 0 Å². The van der Waals surface area contributed by atoms with Crippen LogP contribution in [0, 0.1) is 11.8 Å². The SMILES string of the molecule is CCCC(=O)N1C[C@@H](C(F)(F)F)[C@H](C(=O)O)C1. The lowest BCUT2D eigenvalue weighted by atomic mass is 9.96. The molecule has 0 saturated carbocycles. The van der Waals surface area contributed by atoms with Crippen LogP contribution in [-0.2, 0) is 9.59 Å². The van der Waals surface area contributed by atoms with Gasteiger partial charge in [0.2, 0.25) is 5.91 Å². The van der Waals surface area contributed by atoms with E-state index in [9.17, 15) is 22.8 Å². The van der Waals surface area contributed by atoms with Crippen LogP contribution in [0.2, 0.25) is 0 Å². The highest BCUT2D eigenvalue weighted by Crippen LogP contribution is 2.37.